The maximum atomic E-state index is 10.1. The van der Waals surface area contributed by atoms with E-state index in [-0.39, 0.29) is 0 Å². The van der Waals surface area contributed by atoms with Gasteiger partial charge in [-0.3, -0.25) is 4.90 Å². The first-order valence-corrected chi connectivity index (χ1v) is 6.80. The van der Waals surface area contributed by atoms with Crippen LogP contribution in [0.1, 0.15) is 25.0 Å². The summed E-state index contributed by atoms with van der Waals surface area (Å²) in [5.74, 6) is 0. The third-order valence-corrected chi connectivity index (χ3v) is 3.70. The maximum Gasteiger partial charge on any atom is 0.0802 e. The van der Waals surface area contributed by atoms with Gasteiger partial charge in [-0.05, 0) is 31.0 Å². The van der Waals surface area contributed by atoms with Gasteiger partial charge < -0.3 is 9.84 Å². The Morgan fingerprint density at radius 2 is 2.17 bits per heavy atom. The van der Waals surface area contributed by atoms with Crippen molar-refractivity contribution in [3.05, 3.63) is 34.9 Å². The molecule has 1 N–H and O–H groups in total. The van der Waals surface area contributed by atoms with Crippen molar-refractivity contribution in [3.8, 4) is 0 Å². The Morgan fingerprint density at radius 3 is 2.83 bits per heavy atom. The first-order valence-electron chi connectivity index (χ1n) is 6.42. The summed E-state index contributed by atoms with van der Waals surface area (Å²) >= 11 is 5.83. The summed E-state index contributed by atoms with van der Waals surface area (Å²) in [5, 5.41) is 10.8. The second-order valence-corrected chi connectivity index (χ2v) is 5.25. The van der Waals surface area contributed by atoms with Crippen LogP contribution < -0.4 is 0 Å². The average molecular weight is 270 g/mol. The topological polar surface area (TPSA) is 32.7 Å². The highest BCUT2D eigenvalue weighted by Crippen LogP contribution is 2.20. The van der Waals surface area contributed by atoms with Crippen molar-refractivity contribution in [2.75, 3.05) is 26.3 Å². The second-order valence-electron chi connectivity index (χ2n) is 4.82. The van der Waals surface area contributed by atoms with Crippen molar-refractivity contribution >= 4 is 11.6 Å². The van der Waals surface area contributed by atoms with E-state index in [0.29, 0.717) is 11.1 Å². The smallest absolute Gasteiger partial charge is 0.0802 e. The quantitative estimate of drug-likeness (QED) is 0.912. The molecule has 0 bridgehead atoms. The summed E-state index contributed by atoms with van der Waals surface area (Å²) in [6.45, 7) is 5.59. The first-order chi connectivity index (χ1) is 8.66. The van der Waals surface area contributed by atoms with Crippen LogP contribution in [-0.4, -0.2) is 42.4 Å². The summed E-state index contributed by atoms with van der Waals surface area (Å²) in [6, 6.07) is 7.84. The van der Waals surface area contributed by atoms with Crippen molar-refractivity contribution in [2.45, 2.75) is 25.5 Å². The Kier molecular flexibility index (Phi) is 5.01. The van der Waals surface area contributed by atoms with Crippen molar-refractivity contribution in [1.29, 1.82) is 0 Å². The molecule has 0 saturated carbocycles. The molecule has 1 aliphatic heterocycles. The number of aliphatic hydroxyl groups is 1. The predicted octanol–water partition coefficient (Wildman–Crippen LogP) is 2.48. The fraction of sp³-hybridized carbons (Fsp3) is 0.571. The lowest BCUT2D eigenvalue weighted by Crippen LogP contribution is -2.44. The molecule has 18 heavy (non-hydrogen) atoms. The van der Waals surface area contributed by atoms with E-state index >= 15 is 0 Å². The number of rotatable bonds is 4. The number of hydrogen-bond acceptors (Lipinski definition) is 3. The highest BCUT2D eigenvalue weighted by atomic mass is 35.5. The number of aliphatic hydroxyl groups excluding tert-OH is 1. The fourth-order valence-corrected chi connectivity index (χ4v) is 2.36. The predicted molar refractivity (Wildman–Crippen MR) is 72.9 cm³/mol. The lowest BCUT2D eigenvalue weighted by atomic mass is 10.1. The molecule has 1 aliphatic rings. The average Bonchev–Trinajstić information content (AvgIpc) is 2.38. The Bertz CT molecular complexity index is 369. The van der Waals surface area contributed by atoms with E-state index in [0.717, 1.165) is 38.3 Å². The van der Waals surface area contributed by atoms with Gasteiger partial charge in [0.1, 0.15) is 0 Å². The Morgan fingerprint density at radius 1 is 1.44 bits per heavy atom. The highest BCUT2D eigenvalue weighted by Gasteiger charge is 2.19. The molecule has 0 radical (unpaired) electrons. The van der Waals surface area contributed by atoms with E-state index in [2.05, 4.69) is 11.8 Å². The van der Waals surface area contributed by atoms with Gasteiger partial charge in [0.15, 0.2) is 0 Å². The van der Waals surface area contributed by atoms with Gasteiger partial charge in [0, 0.05) is 24.2 Å². The molecule has 2 rings (SSSR count). The maximum absolute atomic E-state index is 10.1. The monoisotopic (exact) mass is 269 g/mol. The molecule has 1 heterocycles. The van der Waals surface area contributed by atoms with Gasteiger partial charge in [-0.15, -0.1) is 0 Å². The van der Waals surface area contributed by atoms with Gasteiger partial charge in [0.2, 0.25) is 0 Å². The zero-order chi connectivity index (χ0) is 13.0. The van der Waals surface area contributed by atoms with Crippen LogP contribution in [-0.2, 0) is 4.74 Å². The Labute approximate surface area is 113 Å². The lowest BCUT2D eigenvalue weighted by Gasteiger charge is -2.33. The van der Waals surface area contributed by atoms with Gasteiger partial charge in [0.05, 0.1) is 19.3 Å². The van der Waals surface area contributed by atoms with Crippen molar-refractivity contribution in [3.63, 3.8) is 0 Å². The largest absolute Gasteiger partial charge is 0.388 e. The van der Waals surface area contributed by atoms with Crippen LogP contribution in [0.5, 0.6) is 0 Å². The highest BCUT2D eigenvalue weighted by molar-refractivity contribution is 6.30. The minimum Gasteiger partial charge on any atom is -0.388 e. The van der Waals surface area contributed by atoms with E-state index < -0.39 is 6.10 Å². The van der Waals surface area contributed by atoms with E-state index in [1.165, 1.54) is 0 Å². The summed E-state index contributed by atoms with van der Waals surface area (Å²) in [5.41, 5.74) is 0.931. The van der Waals surface area contributed by atoms with Crippen LogP contribution in [0.25, 0.3) is 0 Å². The third-order valence-electron chi connectivity index (χ3n) is 3.45. The molecule has 2 unspecified atom stereocenters. The number of ether oxygens (including phenoxy) is 1. The molecule has 4 heteroatoms. The van der Waals surface area contributed by atoms with Crippen LogP contribution in [0, 0.1) is 0 Å². The van der Waals surface area contributed by atoms with E-state index in [1.807, 2.05) is 24.3 Å². The molecule has 1 fully saturated rings. The van der Waals surface area contributed by atoms with Crippen molar-refractivity contribution in [2.24, 2.45) is 0 Å². The number of morpholine rings is 1. The van der Waals surface area contributed by atoms with Crippen LogP contribution in [0.15, 0.2) is 24.3 Å². The molecule has 1 saturated heterocycles. The van der Waals surface area contributed by atoms with Crippen molar-refractivity contribution < 1.29 is 9.84 Å². The molecule has 3 nitrogen and oxygen atoms in total. The normalized spacial score (nSPS) is 22.9. The zero-order valence-corrected chi connectivity index (χ0v) is 11.4. The summed E-state index contributed by atoms with van der Waals surface area (Å²) < 4.78 is 5.40. The molecule has 2 atom stereocenters. The summed E-state index contributed by atoms with van der Waals surface area (Å²) in [7, 11) is 0. The van der Waals surface area contributed by atoms with Gasteiger partial charge in [0.25, 0.3) is 0 Å². The van der Waals surface area contributed by atoms with E-state index in [4.69, 9.17) is 16.3 Å². The van der Waals surface area contributed by atoms with Crippen LogP contribution in [0.2, 0.25) is 5.02 Å². The summed E-state index contributed by atoms with van der Waals surface area (Å²) in [4.78, 5) is 2.36. The molecular weight excluding hydrogens is 250 g/mol. The standard InChI is InChI=1S/C14H20ClNO2/c1-11-10-18-9-8-16(11)7-6-14(17)12-2-4-13(15)5-3-12/h2-5,11,14,17H,6-10H2,1H3. The zero-order valence-electron chi connectivity index (χ0n) is 10.7. The third kappa shape index (κ3) is 3.69. The Balaban J connectivity index is 1.83. The van der Waals surface area contributed by atoms with E-state index in [1.54, 1.807) is 0 Å². The molecule has 1 aromatic rings. The van der Waals surface area contributed by atoms with Crippen molar-refractivity contribution in [1.82, 2.24) is 4.90 Å². The molecule has 100 valence electrons. The number of hydrogen-bond donors (Lipinski definition) is 1. The van der Waals surface area contributed by atoms with Crippen LogP contribution >= 0.6 is 11.6 Å². The number of halogens is 1. The van der Waals surface area contributed by atoms with Crippen LogP contribution in [0.3, 0.4) is 0 Å². The van der Waals surface area contributed by atoms with Gasteiger partial charge >= 0.3 is 0 Å². The lowest BCUT2D eigenvalue weighted by molar-refractivity contribution is -0.00639. The molecule has 1 aromatic carbocycles. The molecule has 0 aliphatic carbocycles. The summed E-state index contributed by atoms with van der Waals surface area (Å²) in [6.07, 6.45) is 0.323. The second kappa shape index (κ2) is 6.53. The van der Waals surface area contributed by atoms with Gasteiger partial charge in [-0.1, -0.05) is 23.7 Å². The number of nitrogens with zero attached hydrogens (tertiary/aromatic N) is 1. The fourth-order valence-electron chi connectivity index (χ4n) is 2.23. The number of benzene rings is 1. The Hall–Kier alpha value is -0.610. The molecule has 0 spiro atoms. The minimum absolute atomic E-state index is 0.419. The van der Waals surface area contributed by atoms with Gasteiger partial charge in [-0.2, -0.15) is 0 Å². The molecular formula is C14H20ClNO2. The molecule has 0 aromatic heterocycles. The van der Waals surface area contributed by atoms with E-state index in [9.17, 15) is 5.11 Å². The minimum atomic E-state index is -0.419. The SMILES string of the molecule is CC1COCCN1CCC(O)c1ccc(Cl)cc1. The van der Waals surface area contributed by atoms with Crippen LogP contribution in [0.4, 0.5) is 0 Å². The first kappa shape index (κ1) is 13.8. The van der Waals surface area contributed by atoms with Gasteiger partial charge in [-0.25, -0.2) is 0 Å². The molecule has 0 amide bonds.